The molecule has 0 atom stereocenters. The summed E-state index contributed by atoms with van der Waals surface area (Å²) in [5, 5.41) is 0. The van der Waals surface area contributed by atoms with E-state index in [1.807, 2.05) is 12.1 Å². The molecule has 2 aliphatic carbocycles. The van der Waals surface area contributed by atoms with Gasteiger partial charge < -0.3 is 9.47 Å². The number of allylic oxidation sites excluding steroid dienone is 2. The normalized spacial score (nSPS) is 22.7. The molecule has 5 rings (SSSR count). The lowest BCUT2D eigenvalue weighted by Crippen LogP contribution is -2.37. The summed E-state index contributed by atoms with van der Waals surface area (Å²) in [6.07, 6.45) is 6.20. The number of hydrogen-bond acceptors (Lipinski definition) is 2. The Bertz CT molecular complexity index is 1560. The molecule has 2 fully saturated rings. The smallest absolute Gasteiger partial charge is 0.400 e. The average Bonchev–Trinajstić information content (AvgIpc) is 3.06. The molecule has 2 saturated carbocycles. The lowest BCUT2D eigenvalue weighted by atomic mass is 9.77. The van der Waals surface area contributed by atoms with Crippen LogP contribution < -0.4 is 4.74 Å². The first-order valence-electron chi connectivity index (χ1n) is 15.9. The molecule has 3 aromatic rings. The zero-order chi connectivity index (χ0) is 33.7. The van der Waals surface area contributed by atoms with Crippen LogP contribution in [0.1, 0.15) is 75.3 Å². The van der Waals surface area contributed by atoms with Crippen LogP contribution in [-0.2, 0) is 4.74 Å². The van der Waals surface area contributed by atoms with Crippen LogP contribution in [0.5, 0.6) is 5.75 Å². The Kier molecular flexibility index (Phi) is 11.0. The van der Waals surface area contributed by atoms with E-state index in [4.69, 9.17) is 4.74 Å². The molecule has 2 nitrogen and oxygen atoms in total. The van der Waals surface area contributed by atoms with Gasteiger partial charge in [0.15, 0.2) is 17.5 Å². The topological polar surface area (TPSA) is 18.5 Å². The number of halogens is 8. The van der Waals surface area contributed by atoms with Gasteiger partial charge in [-0.05, 0) is 111 Å². The van der Waals surface area contributed by atoms with Crippen molar-refractivity contribution in [2.45, 2.75) is 70.3 Å². The first-order valence-corrected chi connectivity index (χ1v) is 15.9. The zero-order valence-electron chi connectivity index (χ0n) is 25.9. The molecule has 2 aliphatic rings. The third-order valence-electron chi connectivity index (χ3n) is 9.24. The van der Waals surface area contributed by atoms with Gasteiger partial charge in [0.05, 0.1) is 12.5 Å². The van der Waals surface area contributed by atoms with Crippen LogP contribution in [0.3, 0.4) is 0 Å². The molecular formula is C37H36F8O2. The quantitative estimate of drug-likeness (QED) is 0.0930. The van der Waals surface area contributed by atoms with Gasteiger partial charge >= 0.3 is 12.1 Å². The molecule has 0 spiro atoms. The molecule has 0 heterocycles. The Morgan fingerprint density at radius 2 is 1.32 bits per heavy atom. The fourth-order valence-electron chi connectivity index (χ4n) is 6.56. The highest BCUT2D eigenvalue weighted by Gasteiger charge is 2.44. The van der Waals surface area contributed by atoms with Crippen LogP contribution in [-0.4, -0.2) is 12.7 Å². The van der Waals surface area contributed by atoms with Crippen molar-refractivity contribution >= 4 is 5.83 Å². The minimum Gasteiger partial charge on any atom is -0.469 e. The average molecular weight is 665 g/mol. The minimum absolute atomic E-state index is 0.0425. The van der Waals surface area contributed by atoms with Crippen LogP contribution in [0, 0.1) is 41.0 Å². The number of rotatable bonds is 10. The van der Waals surface area contributed by atoms with Crippen molar-refractivity contribution in [1.82, 2.24) is 0 Å². The second kappa shape index (κ2) is 14.9. The second-order valence-electron chi connectivity index (χ2n) is 12.3. The predicted octanol–water partition coefficient (Wildman–Crippen LogP) is 11.8. The van der Waals surface area contributed by atoms with Gasteiger partial charge in [-0.2, -0.15) is 17.6 Å². The Morgan fingerprint density at radius 3 is 1.87 bits per heavy atom. The van der Waals surface area contributed by atoms with E-state index in [9.17, 15) is 26.3 Å². The summed E-state index contributed by atoms with van der Waals surface area (Å²) in [5.41, 5.74) is 0.665. The molecule has 0 aliphatic heterocycles. The molecule has 252 valence electrons. The zero-order valence-corrected chi connectivity index (χ0v) is 25.9. The summed E-state index contributed by atoms with van der Waals surface area (Å²) >= 11 is 0. The fraction of sp³-hybridized carbons (Fsp3) is 0.405. The van der Waals surface area contributed by atoms with E-state index in [2.05, 4.69) is 16.9 Å². The van der Waals surface area contributed by atoms with E-state index in [1.165, 1.54) is 0 Å². The van der Waals surface area contributed by atoms with Gasteiger partial charge in [0.2, 0.25) is 5.83 Å². The lowest BCUT2D eigenvalue weighted by molar-refractivity contribution is -0.223. The molecule has 0 bridgehead atoms. The molecule has 0 N–H and O–H groups in total. The minimum atomic E-state index is -3.55. The van der Waals surface area contributed by atoms with Crippen LogP contribution in [0.15, 0.2) is 72.8 Å². The molecule has 47 heavy (non-hydrogen) atoms. The summed E-state index contributed by atoms with van der Waals surface area (Å²) in [6.45, 7) is 1.62. The Hall–Kier alpha value is -3.82. The summed E-state index contributed by atoms with van der Waals surface area (Å²) in [4.78, 5) is 0. The number of alkyl halides is 2. The van der Waals surface area contributed by atoms with E-state index in [0.29, 0.717) is 36.8 Å². The Labute approximate surface area is 269 Å². The van der Waals surface area contributed by atoms with Crippen molar-refractivity contribution in [3.8, 4) is 16.9 Å². The van der Waals surface area contributed by atoms with Crippen molar-refractivity contribution in [2.75, 3.05) is 6.61 Å². The van der Waals surface area contributed by atoms with Crippen molar-refractivity contribution in [3.63, 3.8) is 0 Å². The predicted molar refractivity (Wildman–Crippen MR) is 164 cm³/mol. The molecule has 3 aromatic carbocycles. The van der Waals surface area contributed by atoms with Gasteiger partial charge in [0.1, 0.15) is 11.6 Å². The molecular weight excluding hydrogens is 628 g/mol. The summed E-state index contributed by atoms with van der Waals surface area (Å²) in [5.74, 6) is -7.33. The molecule has 0 saturated heterocycles. The number of benzene rings is 3. The lowest BCUT2D eigenvalue weighted by Gasteiger charge is -2.33. The Balaban J connectivity index is 1.09. The van der Waals surface area contributed by atoms with Crippen molar-refractivity contribution < 1.29 is 44.6 Å². The van der Waals surface area contributed by atoms with E-state index in [1.54, 1.807) is 19.1 Å². The molecule has 0 amide bonds. The third-order valence-corrected chi connectivity index (χ3v) is 9.24. The molecule has 0 unspecified atom stereocenters. The van der Waals surface area contributed by atoms with Gasteiger partial charge in [-0.3, -0.25) is 0 Å². The fourth-order valence-corrected chi connectivity index (χ4v) is 6.56. The van der Waals surface area contributed by atoms with E-state index >= 15 is 8.78 Å². The van der Waals surface area contributed by atoms with E-state index in [-0.39, 0.29) is 42.1 Å². The van der Waals surface area contributed by atoms with Gasteiger partial charge in [-0.25, -0.2) is 17.6 Å². The molecule has 0 radical (unpaired) electrons. The highest BCUT2D eigenvalue weighted by Crippen LogP contribution is 2.42. The first-order chi connectivity index (χ1) is 22.4. The van der Waals surface area contributed by atoms with Crippen LogP contribution in [0.2, 0.25) is 0 Å². The largest absolute Gasteiger partial charge is 0.469 e. The number of ether oxygens (including phenoxy) is 2. The maximum Gasteiger partial charge on any atom is 0.400 e. The Morgan fingerprint density at radius 1 is 0.745 bits per heavy atom. The van der Waals surface area contributed by atoms with E-state index < -0.39 is 52.9 Å². The van der Waals surface area contributed by atoms with Gasteiger partial charge in [-0.15, -0.1) is 0 Å². The summed E-state index contributed by atoms with van der Waals surface area (Å²) in [7, 11) is 0. The summed E-state index contributed by atoms with van der Waals surface area (Å²) in [6, 6.07) is 9.71. The standard InChI is InChI=1S/C37H36F8O2/c1-2-46-36(43)34(41)26-13-11-25(12-14-26)24-9-5-22(6-10-24)3-4-23-7-15-28(16-8-23)37(44,45)47-29-17-18-30(31(38)21-29)27-19-32(39)35(42)33(40)20-27/h3-4,11-14,17-24,28H,2,5-10,15-16H2,1H3. The second-order valence-corrected chi connectivity index (χ2v) is 12.3. The summed E-state index contributed by atoms with van der Waals surface area (Å²) < 4.78 is 123. The maximum absolute atomic E-state index is 15.1. The third kappa shape index (κ3) is 8.37. The maximum atomic E-state index is 15.1. The van der Waals surface area contributed by atoms with Gasteiger partial charge in [0.25, 0.3) is 0 Å². The first kappa shape index (κ1) is 34.5. The van der Waals surface area contributed by atoms with Gasteiger partial charge in [-0.1, -0.05) is 36.4 Å². The van der Waals surface area contributed by atoms with Crippen molar-refractivity contribution in [2.24, 2.45) is 17.8 Å². The number of hydrogen-bond donors (Lipinski definition) is 0. The van der Waals surface area contributed by atoms with Gasteiger partial charge in [0, 0.05) is 17.2 Å². The SMILES string of the molecule is CCOC(F)=C(F)c1ccc(C2CCC(C=CC3CCC(C(F)(F)Oc4ccc(-c5cc(F)c(F)c(F)c5)c(F)c4)CC3)CC2)cc1. The van der Waals surface area contributed by atoms with Crippen molar-refractivity contribution in [3.05, 3.63) is 107 Å². The van der Waals surface area contributed by atoms with Crippen LogP contribution in [0.4, 0.5) is 35.1 Å². The molecule has 0 aromatic heterocycles. The highest BCUT2D eigenvalue weighted by atomic mass is 19.3. The van der Waals surface area contributed by atoms with Crippen LogP contribution in [0.25, 0.3) is 17.0 Å². The highest BCUT2D eigenvalue weighted by molar-refractivity contribution is 5.65. The van der Waals surface area contributed by atoms with E-state index in [0.717, 1.165) is 49.4 Å². The van der Waals surface area contributed by atoms with Crippen LogP contribution >= 0.6 is 0 Å². The monoisotopic (exact) mass is 664 g/mol. The van der Waals surface area contributed by atoms with Crippen molar-refractivity contribution in [1.29, 1.82) is 0 Å². The molecule has 10 heteroatoms.